The van der Waals surface area contributed by atoms with E-state index in [1.54, 1.807) is 24.3 Å². The third kappa shape index (κ3) is 5.89. The molecular formula is C21H18Cl2N2O4S. The van der Waals surface area contributed by atoms with Crippen LogP contribution in [0.3, 0.4) is 0 Å². The quantitative estimate of drug-likeness (QED) is 0.507. The van der Waals surface area contributed by atoms with Gasteiger partial charge >= 0.3 is 0 Å². The number of benzene rings is 3. The number of carbonyl (C=O) groups is 1. The van der Waals surface area contributed by atoms with Gasteiger partial charge in [-0.3, -0.25) is 9.52 Å². The second-order valence-corrected chi connectivity index (χ2v) is 8.93. The molecular weight excluding hydrogens is 447 g/mol. The van der Waals surface area contributed by atoms with E-state index in [9.17, 15) is 13.2 Å². The maximum Gasteiger partial charge on any atom is 0.262 e. The zero-order chi connectivity index (χ0) is 21.7. The molecule has 0 saturated carbocycles. The third-order valence-corrected chi connectivity index (χ3v) is 5.97. The Balaban J connectivity index is 1.59. The van der Waals surface area contributed by atoms with Gasteiger partial charge in [-0.15, -0.1) is 0 Å². The lowest BCUT2D eigenvalue weighted by atomic mass is 10.2. The first-order chi connectivity index (χ1) is 14.2. The van der Waals surface area contributed by atoms with Gasteiger partial charge in [0.25, 0.3) is 15.9 Å². The van der Waals surface area contributed by atoms with Crippen molar-refractivity contribution in [2.45, 2.75) is 11.8 Å². The van der Waals surface area contributed by atoms with Gasteiger partial charge in [-0.1, -0.05) is 40.9 Å². The lowest BCUT2D eigenvalue weighted by molar-refractivity contribution is -0.118. The van der Waals surface area contributed by atoms with E-state index < -0.39 is 15.9 Å². The molecule has 3 aromatic rings. The average Bonchev–Trinajstić information content (AvgIpc) is 2.71. The van der Waals surface area contributed by atoms with Gasteiger partial charge in [-0.2, -0.15) is 0 Å². The molecule has 0 fully saturated rings. The van der Waals surface area contributed by atoms with Gasteiger partial charge < -0.3 is 10.1 Å². The predicted molar refractivity (Wildman–Crippen MR) is 119 cm³/mol. The van der Waals surface area contributed by atoms with Crippen LogP contribution in [0.15, 0.2) is 71.6 Å². The van der Waals surface area contributed by atoms with Gasteiger partial charge in [0, 0.05) is 10.7 Å². The highest BCUT2D eigenvalue weighted by Crippen LogP contribution is 2.25. The Kier molecular flexibility index (Phi) is 6.87. The molecule has 0 bridgehead atoms. The number of rotatable bonds is 7. The summed E-state index contributed by atoms with van der Waals surface area (Å²) >= 11 is 11.9. The lowest BCUT2D eigenvalue weighted by Crippen LogP contribution is -2.20. The zero-order valence-electron chi connectivity index (χ0n) is 15.9. The van der Waals surface area contributed by atoms with Crippen LogP contribution in [-0.2, 0) is 14.8 Å². The number of hydrogen-bond acceptors (Lipinski definition) is 4. The van der Waals surface area contributed by atoms with Gasteiger partial charge in [0.1, 0.15) is 5.75 Å². The van der Waals surface area contributed by atoms with E-state index in [0.717, 1.165) is 5.56 Å². The van der Waals surface area contributed by atoms with Gasteiger partial charge in [-0.05, 0) is 61.5 Å². The van der Waals surface area contributed by atoms with E-state index in [2.05, 4.69) is 10.0 Å². The van der Waals surface area contributed by atoms with Crippen molar-refractivity contribution in [1.29, 1.82) is 0 Å². The summed E-state index contributed by atoms with van der Waals surface area (Å²) in [5.74, 6) is -0.0893. The van der Waals surface area contributed by atoms with Crippen LogP contribution in [-0.4, -0.2) is 20.9 Å². The third-order valence-electron chi connectivity index (χ3n) is 4.01. The Bertz CT molecular complexity index is 1150. The van der Waals surface area contributed by atoms with Gasteiger partial charge in [0.05, 0.1) is 15.6 Å². The molecule has 0 aliphatic rings. The zero-order valence-corrected chi connectivity index (χ0v) is 18.2. The van der Waals surface area contributed by atoms with Crippen molar-refractivity contribution in [2.75, 3.05) is 16.6 Å². The first-order valence-corrected chi connectivity index (χ1v) is 11.0. The van der Waals surface area contributed by atoms with E-state index in [0.29, 0.717) is 27.2 Å². The van der Waals surface area contributed by atoms with Crippen LogP contribution in [0, 0.1) is 6.92 Å². The number of sulfonamides is 1. The van der Waals surface area contributed by atoms with Crippen LogP contribution in [0.2, 0.25) is 10.0 Å². The summed E-state index contributed by atoms with van der Waals surface area (Å²) in [6.07, 6.45) is 0. The minimum absolute atomic E-state index is 0.0746. The van der Waals surface area contributed by atoms with Crippen molar-refractivity contribution >= 4 is 50.5 Å². The average molecular weight is 465 g/mol. The number of aryl methyl sites for hydroxylation is 1. The summed E-state index contributed by atoms with van der Waals surface area (Å²) in [6, 6.07) is 17.5. The molecule has 6 nitrogen and oxygen atoms in total. The predicted octanol–water partition coefficient (Wildman–Crippen LogP) is 5.12. The van der Waals surface area contributed by atoms with Crippen LogP contribution < -0.4 is 14.8 Å². The molecule has 0 atom stereocenters. The Morgan fingerprint density at radius 1 is 0.967 bits per heavy atom. The van der Waals surface area contributed by atoms with E-state index in [1.807, 2.05) is 19.1 Å². The van der Waals surface area contributed by atoms with Crippen LogP contribution in [0.1, 0.15) is 5.56 Å². The van der Waals surface area contributed by atoms with Crippen LogP contribution in [0.25, 0.3) is 0 Å². The Morgan fingerprint density at radius 3 is 2.30 bits per heavy atom. The standard InChI is InChI=1S/C21H18Cl2N2O4S/c1-14-2-5-16(6-3-14)25-30(27,28)18-9-7-17(8-10-18)29-13-21(26)24-20-12-15(22)4-11-19(20)23/h2-12,25H,13H2,1H3,(H,24,26). The van der Waals surface area contributed by atoms with Crippen molar-refractivity contribution in [3.05, 3.63) is 82.3 Å². The molecule has 0 spiro atoms. The summed E-state index contributed by atoms with van der Waals surface area (Å²) in [5, 5.41) is 3.39. The number of anilines is 2. The normalized spacial score (nSPS) is 11.0. The molecule has 3 aromatic carbocycles. The SMILES string of the molecule is Cc1ccc(NS(=O)(=O)c2ccc(OCC(=O)Nc3cc(Cl)ccc3Cl)cc2)cc1. The van der Waals surface area contributed by atoms with Crippen LogP contribution >= 0.6 is 23.2 Å². The second kappa shape index (κ2) is 9.38. The van der Waals surface area contributed by atoms with E-state index >= 15 is 0 Å². The molecule has 0 aliphatic carbocycles. The topological polar surface area (TPSA) is 84.5 Å². The van der Waals surface area contributed by atoms with Crippen LogP contribution in [0.5, 0.6) is 5.75 Å². The summed E-state index contributed by atoms with van der Waals surface area (Å²) in [6.45, 7) is 1.64. The number of carbonyl (C=O) groups excluding carboxylic acids is 1. The molecule has 0 unspecified atom stereocenters. The fourth-order valence-electron chi connectivity index (χ4n) is 2.48. The summed E-state index contributed by atoms with van der Waals surface area (Å²) in [7, 11) is -3.74. The number of hydrogen-bond donors (Lipinski definition) is 2. The molecule has 0 radical (unpaired) electrons. The van der Waals surface area contributed by atoms with Crippen molar-refractivity contribution in [3.63, 3.8) is 0 Å². The monoisotopic (exact) mass is 464 g/mol. The molecule has 0 heterocycles. The lowest BCUT2D eigenvalue weighted by Gasteiger charge is -2.11. The molecule has 1 amide bonds. The first kappa shape index (κ1) is 22.0. The highest BCUT2D eigenvalue weighted by atomic mass is 35.5. The number of ether oxygens (including phenoxy) is 1. The Morgan fingerprint density at radius 2 is 1.63 bits per heavy atom. The van der Waals surface area contributed by atoms with Crippen molar-refractivity contribution in [1.82, 2.24) is 0 Å². The van der Waals surface area contributed by atoms with Crippen molar-refractivity contribution < 1.29 is 17.9 Å². The second-order valence-electron chi connectivity index (χ2n) is 6.40. The maximum absolute atomic E-state index is 12.5. The fraction of sp³-hybridized carbons (Fsp3) is 0.0952. The molecule has 0 aliphatic heterocycles. The highest BCUT2D eigenvalue weighted by Gasteiger charge is 2.14. The molecule has 156 valence electrons. The largest absolute Gasteiger partial charge is 0.484 e. The smallest absolute Gasteiger partial charge is 0.262 e. The first-order valence-electron chi connectivity index (χ1n) is 8.80. The molecule has 0 saturated heterocycles. The van der Waals surface area contributed by atoms with Gasteiger partial charge in [-0.25, -0.2) is 8.42 Å². The van der Waals surface area contributed by atoms with E-state index in [1.165, 1.54) is 30.3 Å². The molecule has 3 rings (SSSR count). The maximum atomic E-state index is 12.5. The highest BCUT2D eigenvalue weighted by molar-refractivity contribution is 7.92. The molecule has 30 heavy (non-hydrogen) atoms. The van der Waals surface area contributed by atoms with E-state index in [-0.39, 0.29) is 11.5 Å². The summed E-state index contributed by atoms with van der Waals surface area (Å²) in [4.78, 5) is 12.1. The van der Waals surface area contributed by atoms with Crippen molar-refractivity contribution in [3.8, 4) is 5.75 Å². The minimum atomic E-state index is -3.74. The minimum Gasteiger partial charge on any atom is -0.484 e. The number of nitrogens with one attached hydrogen (secondary N) is 2. The fourth-order valence-corrected chi connectivity index (χ4v) is 3.87. The molecule has 9 heteroatoms. The summed E-state index contributed by atoms with van der Waals surface area (Å²) < 4.78 is 32.9. The number of amides is 1. The van der Waals surface area contributed by atoms with Crippen LogP contribution in [0.4, 0.5) is 11.4 Å². The van der Waals surface area contributed by atoms with Gasteiger partial charge in [0.15, 0.2) is 6.61 Å². The number of halogens is 2. The van der Waals surface area contributed by atoms with Gasteiger partial charge in [0.2, 0.25) is 0 Å². The Labute approximate surface area is 184 Å². The molecule has 2 N–H and O–H groups in total. The summed E-state index contributed by atoms with van der Waals surface area (Å²) in [5.41, 5.74) is 1.87. The van der Waals surface area contributed by atoms with E-state index in [4.69, 9.17) is 27.9 Å². The van der Waals surface area contributed by atoms with Crippen molar-refractivity contribution in [2.24, 2.45) is 0 Å². The Hall–Kier alpha value is -2.74. The molecule has 0 aromatic heterocycles.